The van der Waals surface area contributed by atoms with Gasteiger partial charge in [-0.25, -0.2) is 0 Å². The molecule has 86 valence electrons. The highest BCUT2D eigenvalue weighted by Crippen LogP contribution is 2.36. The Morgan fingerprint density at radius 2 is 2.06 bits per heavy atom. The van der Waals surface area contributed by atoms with Crippen LogP contribution in [0, 0.1) is 11.3 Å². The van der Waals surface area contributed by atoms with Crippen molar-refractivity contribution >= 4 is 11.6 Å². The van der Waals surface area contributed by atoms with Crippen molar-refractivity contribution < 1.29 is 13.2 Å². The van der Waals surface area contributed by atoms with Crippen molar-refractivity contribution in [3.05, 3.63) is 34.3 Å². The van der Waals surface area contributed by atoms with Crippen LogP contribution in [0.25, 0.3) is 0 Å². The van der Waals surface area contributed by atoms with Gasteiger partial charge in [0.05, 0.1) is 22.6 Å². The van der Waals surface area contributed by atoms with E-state index in [4.69, 9.17) is 16.9 Å². The molecule has 0 saturated carbocycles. The van der Waals surface area contributed by atoms with Crippen LogP contribution in [0.2, 0.25) is 5.02 Å². The molecule has 1 unspecified atom stereocenters. The van der Waals surface area contributed by atoms with Gasteiger partial charge in [-0.1, -0.05) is 24.6 Å². The zero-order valence-corrected chi connectivity index (χ0v) is 9.23. The Labute approximate surface area is 96.4 Å². The first-order chi connectivity index (χ1) is 7.40. The number of hydrogen-bond donors (Lipinski definition) is 0. The molecule has 0 aromatic heterocycles. The second kappa shape index (κ2) is 4.75. The SMILES string of the molecule is CCC(C#N)c1ccc(Cl)c(C(F)(F)F)c1. The van der Waals surface area contributed by atoms with E-state index in [-0.39, 0.29) is 5.02 Å². The van der Waals surface area contributed by atoms with Crippen molar-refractivity contribution in [2.75, 3.05) is 0 Å². The number of alkyl halides is 3. The van der Waals surface area contributed by atoms with Crippen LogP contribution >= 0.6 is 11.6 Å². The van der Waals surface area contributed by atoms with Gasteiger partial charge in [-0.3, -0.25) is 0 Å². The smallest absolute Gasteiger partial charge is 0.198 e. The minimum absolute atomic E-state index is 0.343. The Bertz CT molecular complexity index is 420. The lowest BCUT2D eigenvalue weighted by molar-refractivity contribution is -0.137. The van der Waals surface area contributed by atoms with Crippen LogP contribution in [-0.4, -0.2) is 0 Å². The van der Waals surface area contributed by atoms with E-state index < -0.39 is 17.7 Å². The van der Waals surface area contributed by atoms with Crippen LogP contribution in [0.3, 0.4) is 0 Å². The maximum absolute atomic E-state index is 12.5. The average Bonchev–Trinajstić information content (AvgIpc) is 2.20. The first kappa shape index (κ1) is 12.9. The molecule has 1 atom stereocenters. The number of rotatable bonds is 2. The van der Waals surface area contributed by atoms with Crippen LogP contribution in [-0.2, 0) is 6.18 Å². The zero-order chi connectivity index (χ0) is 12.3. The molecule has 0 saturated heterocycles. The fourth-order valence-electron chi connectivity index (χ4n) is 1.38. The maximum atomic E-state index is 12.5. The first-order valence-corrected chi connectivity index (χ1v) is 5.04. The van der Waals surface area contributed by atoms with Gasteiger partial charge >= 0.3 is 6.18 Å². The molecule has 0 aliphatic rings. The predicted octanol–water partition coefficient (Wildman–Crippen LogP) is 4.38. The molecule has 1 nitrogen and oxygen atoms in total. The molecule has 16 heavy (non-hydrogen) atoms. The van der Waals surface area contributed by atoms with Gasteiger partial charge in [0.1, 0.15) is 0 Å². The van der Waals surface area contributed by atoms with Gasteiger partial charge in [-0.2, -0.15) is 18.4 Å². The van der Waals surface area contributed by atoms with E-state index >= 15 is 0 Å². The van der Waals surface area contributed by atoms with Crippen molar-refractivity contribution in [3.63, 3.8) is 0 Å². The Balaban J connectivity index is 3.23. The summed E-state index contributed by atoms with van der Waals surface area (Å²) < 4.78 is 37.6. The zero-order valence-electron chi connectivity index (χ0n) is 8.48. The van der Waals surface area contributed by atoms with Gasteiger partial charge in [0.2, 0.25) is 0 Å². The number of hydrogen-bond acceptors (Lipinski definition) is 1. The molecule has 0 N–H and O–H groups in total. The maximum Gasteiger partial charge on any atom is 0.417 e. The van der Waals surface area contributed by atoms with Crippen molar-refractivity contribution in [1.82, 2.24) is 0 Å². The lowest BCUT2D eigenvalue weighted by Gasteiger charge is -2.12. The van der Waals surface area contributed by atoms with Crippen LogP contribution in [0.4, 0.5) is 13.2 Å². The summed E-state index contributed by atoms with van der Waals surface area (Å²) in [6, 6.07) is 5.53. The minimum Gasteiger partial charge on any atom is -0.198 e. The first-order valence-electron chi connectivity index (χ1n) is 4.66. The Kier molecular flexibility index (Phi) is 3.82. The fourth-order valence-corrected chi connectivity index (χ4v) is 1.60. The van der Waals surface area contributed by atoms with Crippen LogP contribution < -0.4 is 0 Å². The van der Waals surface area contributed by atoms with Gasteiger partial charge < -0.3 is 0 Å². The van der Waals surface area contributed by atoms with Crippen LogP contribution in [0.1, 0.15) is 30.4 Å². The second-order valence-corrected chi connectivity index (χ2v) is 3.73. The third kappa shape index (κ3) is 2.67. The molecule has 1 rings (SSSR count). The summed E-state index contributed by atoms with van der Waals surface area (Å²) in [6.07, 6.45) is -4.02. The molecule has 0 fully saturated rings. The van der Waals surface area contributed by atoms with E-state index in [9.17, 15) is 13.2 Å². The Hall–Kier alpha value is -1.21. The fraction of sp³-hybridized carbons (Fsp3) is 0.364. The van der Waals surface area contributed by atoms with E-state index in [1.165, 1.54) is 12.1 Å². The molecule has 0 aliphatic heterocycles. The van der Waals surface area contributed by atoms with Gasteiger partial charge in [0.25, 0.3) is 0 Å². The molecule has 0 amide bonds. The molecule has 1 aromatic carbocycles. The molecule has 0 heterocycles. The third-order valence-electron chi connectivity index (χ3n) is 2.26. The van der Waals surface area contributed by atoms with Crippen LogP contribution in [0.5, 0.6) is 0 Å². The van der Waals surface area contributed by atoms with Gasteiger partial charge in [0.15, 0.2) is 0 Å². The lowest BCUT2D eigenvalue weighted by Crippen LogP contribution is -2.07. The van der Waals surface area contributed by atoms with Crippen molar-refractivity contribution in [2.45, 2.75) is 25.4 Å². The summed E-state index contributed by atoms with van der Waals surface area (Å²) in [5, 5.41) is 8.43. The molecule has 5 heteroatoms. The largest absolute Gasteiger partial charge is 0.417 e. The Morgan fingerprint density at radius 3 is 2.50 bits per heavy atom. The van der Waals surface area contributed by atoms with E-state index in [2.05, 4.69) is 0 Å². The van der Waals surface area contributed by atoms with Crippen molar-refractivity contribution in [1.29, 1.82) is 5.26 Å². The number of halogens is 4. The predicted molar refractivity (Wildman–Crippen MR) is 55.1 cm³/mol. The molecule has 0 spiro atoms. The van der Waals surface area contributed by atoms with E-state index in [0.717, 1.165) is 6.07 Å². The summed E-state index contributed by atoms with van der Waals surface area (Å²) >= 11 is 5.47. The number of benzene rings is 1. The third-order valence-corrected chi connectivity index (χ3v) is 2.59. The molecular formula is C11H9ClF3N. The molecule has 0 radical (unpaired) electrons. The van der Waals surface area contributed by atoms with Gasteiger partial charge in [-0.05, 0) is 24.1 Å². The second-order valence-electron chi connectivity index (χ2n) is 3.33. The summed E-state index contributed by atoms with van der Waals surface area (Å²) in [7, 11) is 0. The van der Waals surface area contributed by atoms with Crippen molar-refractivity contribution in [2.24, 2.45) is 0 Å². The molecule has 0 aliphatic carbocycles. The van der Waals surface area contributed by atoms with Gasteiger partial charge in [0, 0.05) is 0 Å². The van der Waals surface area contributed by atoms with Crippen molar-refractivity contribution in [3.8, 4) is 6.07 Å². The van der Waals surface area contributed by atoms with E-state index in [0.29, 0.717) is 12.0 Å². The highest BCUT2D eigenvalue weighted by molar-refractivity contribution is 6.31. The standard InChI is InChI=1S/C11H9ClF3N/c1-2-7(6-16)8-3-4-10(12)9(5-8)11(13,14)15/h3-5,7H,2H2,1H3. The minimum atomic E-state index is -4.49. The summed E-state index contributed by atoms with van der Waals surface area (Å²) in [6.45, 7) is 1.75. The molecule has 1 aromatic rings. The van der Waals surface area contributed by atoms with E-state index in [1.54, 1.807) is 6.92 Å². The topological polar surface area (TPSA) is 23.8 Å². The highest BCUT2D eigenvalue weighted by atomic mass is 35.5. The molecular weight excluding hydrogens is 239 g/mol. The number of nitrogens with zero attached hydrogens (tertiary/aromatic N) is 1. The summed E-state index contributed by atoms with van der Waals surface area (Å²) in [5.41, 5.74) is -0.540. The van der Waals surface area contributed by atoms with Gasteiger partial charge in [-0.15, -0.1) is 0 Å². The monoisotopic (exact) mass is 247 g/mol. The number of nitriles is 1. The normalized spacial score (nSPS) is 13.2. The summed E-state index contributed by atoms with van der Waals surface area (Å²) in [4.78, 5) is 0. The Morgan fingerprint density at radius 1 is 1.44 bits per heavy atom. The van der Waals surface area contributed by atoms with Crippen LogP contribution in [0.15, 0.2) is 18.2 Å². The summed E-state index contributed by atoms with van der Waals surface area (Å²) in [5.74, 6) is -0.529. The highest BCUT2D eigenvalue weighted by Gasteiger charge is 2.33. The molecule has 0 bridgehead atoms. The average molecular weight is 248 g/mol. The lowest BCUT2D eigenvalue weighted by atomic mass is 9.96. The quantitative estimate of drug-likeness (QED) is 0.761. The van der Waals surface area contributed by atoms with E-state index in [1.807, 2.05) is 6.07 Å².